The van der Waals surface area contributed by atoms with E-state index in [0.29, 0.717) is 23.9 Å². The lowest BCUT2D eigenvalue weighted by Gasteiger charge is -2.27. The Morgan fingerprint density at radius 3 is 2.68 bits per heavy atom. The third-order valence-corrected chi connectivity index (χ3v) is 3.79. The van der Waals surface area contributed by atoms with Crippen molar-refractivity contribution in [3.8, 4) is 0 Å². The third-order valence-electron chi connectivity index (χ3n) is 3.79. The van der Waals surface area contributed by atoms with Gasteiger partial charge in [-0.2, -0.15) is 0 Å². The molecule has 2 N–H and O–H groups in total. The molecule has 1 fully saturated rings. The number of nitrogen functional groups attached to an aromatic ring is 1. The Hall–Kier alpha value is -1.71. The van der Waals surface area contributed by atoms with Crippen LogP contribution in [0.15, 0.2) is 18.2 Å². The van der Waals surface area contributed by atoms with Crippen LogP contribution in [0.25, 0.3) is 0 Å². The topological polar surface area (TPSA) is 55.6 Å². The average molecular weight is 262 g/mol. The fourth-order valence-corrected chi connectivity index (χ4v) is 2.71. The van der Waals surface area contributed by atoms with E-state index in [1.54, 1.807) is 19.1 Å². The molecule has 4 nitrogen and oxygen atoms in total. The van der Waals surface area contributed by atoms with Crippen LogP contribution >= 0.6 is 0 Å². The average Bonchev–Trinajstić information content (AvgIpc) is 2.92. The Bertz CT molecular complexity index is 453. The molecular weight excluding hydrogens is 240 g/mol. The Labute approximate surface area is 114 Å². The summed E-state index contributed by atoms with van der Waals surface area (Å²) in [6.07, 6.45) is 5.01. The summed E-state index contributed by atoms with van der Waals surface area (Å²) in [5.41, 5.74) is 8.23. The van der Waals surface area contributed by atoms with Crippen molar-refractivity contribution < 1.29 is 9.53 Å². The van der Waals surface area contributed by atoms with Gasteiger partial charge >= 0.3 is 5.97 Å². The number of carbonyl (C=O) groups is 1. The first-order chi connectivity index (χ1) is 9.13. The van der Waals surface area contributed by atoms with Crippen LogP contribution in [-0.4, -0.2) is 25.7 Å². The van der Waals surface area contributed by atoms with Crippen LogP contribution in [0, 0.1) is 0 Å². The summed E-state index contributed by atoms with van der Waals surface area (Å²) >= 11 is 0. The zero-order chi connectivity index (χ0) is 13.8. The zero-order valence-corrected chi connectivity index (χ0v) is 11.7. The summed E-state index contributed by atoms with van der Waals surface area (Å²) in [6.45, 7) is 2.17. The van der Waals surface area contributed by atoms with Crippen molar-refractivity contribution in [1.82, 2.24) is 0 Å². The van der Waals surface area contributed by atoms with Crippen LogP contribution in [0.3, 0.4) is 0 Å². The molecule has 1 aliphatic carbocycles. The van der Waals surface area contributed by atoms with Crippen molar-refractivity contribution in [2.24, 2.45) is 0 Å². The second-order valence-electron chi connectivity index (χ2n) is 5.04. The lowest BCUT2D eigenvalue weighted by atomic mass is 10.1. The lowest BCUT2D eigenvalue weighted by molar-refractivity contribution is 0.0526. The Morgan fingerprint density at radius 2 is 2.11 bits per heavy atom. The van der Waals surface area contributed by atoms with Gasteiger partial charge in [-0.3, -0.25) is 0 Å². The third kappa shape index (κ3) is 3.00. The predicted octanol–water partition coefficient (Wildman–Crippen LogP) is 2.82. The summed E-state index contributed by atoms with van der Waals surface area (Å²) in [6, 6.07) is 5.98. The highest BCUT2D eigenvalue weighted by Gasteiger charge is 2.21. The van der Waals surface area contributed by atoms with E-state index >= 15 is 0 Å². The Balaban J connectivity index is 2.16. The van der Waals surface area contributed by atoms with Gasteiger partial charge < -0.3 is 15.4 Å². The fourth-order valence-electron chi connectivity index (χ4n) is 2.71. The smallest absolute Gasteiger partial charge is 0.338 e. The van der Waals surface area contributed by atoms with Gasteiger partial charge in [0.25, 0.3) is 0 Å². The summed E-state index contributed by atoms with van der Waals surface area (Å²) in [5, 5.41) is 0. The van der Waals surface area contributed by atoms with Gasteiger partial charge in [-0.25, -0.2) is 4.79 Å². The fraction of sp³-hybridized carbons (Fsp3) is 0.533. The molecule has 1 saturated carbocycles. The molecule has 0 radical (unpaired) electrons. The molecule has 1 aliphatic rings. The van der Waals surface area contributed by atoms with Gasteiger partial charge in [0.05, 0.1) is 23.5 Å². The van der Waals surface area contributed by atoms with Gasteiger partial charge in [-0.05, 0) is 38.0 Å². The minimum absolute atomic E-state index is 0.315. The minimum Gasteiger partial charge on any atom is -0.462 e. The SMILES string of the molecule is CCOC(=O)c1ccc(N(C)C2CCCC2)c(N)c1. The van der Waals surface area contributed by atoms with Crippen molar-refractivity contribution in [3.05, 3.63) is 23.8 Å². The molecule has 19 heavy (non-hydrogen) atoms. The number of benzene rings is 1. The first-order valence-electron chi connectivity index (χ1n) is 6.93. The van der Waals surface area contributed by atoms with Gasteiger partial charge in [0.1, 0.15) is 0 Å². The molecule has 0 saturated heterocycles. The first kappa shape index (κ1) is 13.7. The number of hydrogen-bond acceptors (Lipinski definition) is 4. The number of anilines is 2. The number of ether oxygens (including phenoxy) is 1. The van der Waals surface area contributed by atoms with E-state index in [-0.39, 0.29) is 5.97 Å². The molecule has 4 heteroatoms. The van der Waals surface area contributed by atoms with Crippen molar-refractivity contribution in [1.29, 1.82) is 0 Å². The van der Waals surface area contributed by atoms with Gasteiger partial charge in [0, 0.05) is 13.1 Å². The molecule has 0 amide bonds. The number of esters is 1. The number of nitrogens with two attached hydrogens (primary N) is 1. The lowest BCUT2D eigenvalue weighted by Crippen LogP contribution is -2.29. The van der Waals surface area contributed by atoms with Crippen LogP contribution in [0.2, 0.25) is 0 Å². The predicted molar refractivity (Wildman–Crippen MR) is 77.5 cm³/mol. The van der Waals surface area contributed by atoms with Crippen molar-refractivity contribution in [2.75, 3.05) is 24.3 Å². The largest absolute Gasteiger partial charge is 0.462 e. The number of hydrogen-bond donors (Lipinski definition) is 1. The summed E-state index contributed by atoms with van der Waals surface area (Å²) in [7, 11) is 2.08. The summed E-state index contributed by atoms with van der Waals surface area (Å²) in [5.74, 6) is -0.315. The maximum Gasteiger partial charge on any atom is 0.338 e. The molecule has 0 aromatic heterocycles. The van der Waals surface area contributed by atoms with Gasteiger partial charge in [0.15, 0.2) is 0 Å². The van der Waals surface area contributed by atoms with E-state index in [0.717, 1.165) is 5.69 Å². The number of carbonyl (C=O) groups excluding carboxylic acids is 1. The summed E-state index contributed by atoms with van der Waals surface area (Å²) < 4.78 is 4.97. The number of nitrogens with zero attached hydrogens (tertiary/aromatic N) is 1. The Kier molecular flexibility index (Phi) is 4.30. The maximum atomic E-state index is 11.6. The monoisotopic (exact) mass is 262 g/mol. The van der Waals surface area contributed by atoms with Crippen LogP contribution in [0.4, 0.5) is 11.4 Å². The normalized spacial score (nSPS) is 15.5. The van der Waals surface area contributed by atoms with E-state index in [1.807, 2.05) is 6.07 Å². The van der Waals surface area contributed by atoms with Crippen LogP contribution < -0.4 is 10.6 Å². The molecular formula is C15H22N2O2. The van der Waals surface area contributed by atoms with E-state index in [2.05, 4.69) is 11.9 Å². The van der Waals surface area contributed by atoms with E-state index < -0.39 is 0 Å². The molecule has 0 spiro atoms. The molecule has 0 unspecified atom stereocenters. The molecule has 1 aromatic rings. The first-order valence-corrected chi connectivity index (χ1v) is 6.93. The molecule has 0 heterocycles. The highest BCUT2D eigenvalue weighted by atomic mass is 16.5. The second kappa shape index (κ2) is 5.95. The molecule has 2 rings (SSSR count). The van der Waals surface area contributed by atoms with Crippen molar-refractivity contribution in [3.63, 3.8) is 0 Å². The highest BCUT2D eigenvalue weighted by Crippen LogP contribution is 2.31. The van der Waals surface area contributed by atoms with Crippen molar-refractivity contribution >= 4 is 17.3 Å². The standard InChI is InChI=1S/C15H22N2O2/c1-3-19-15(18)11-8-9-14(13(16)10-11)17(2)12-6-4-5-7-12/h8-10,12H,3-7,16H2,1-2H3. The summed E-state index contributed by atoms with van der Waals surface area (Å²) in [4.78, 5) is 13.9. The maximum absolute atomic E-state index is 11.6. The quantitative estimate of drug-likeness (QED) is 0.669. The van der Waals surface area contributed by atoms with E-state index in [1.165, 1.54) is 25.7 Å². The molecule has 0 atom stereocenters. The van der Waals surface area contributed by atoms with E-state index in [4.69, 9.17) is 10.5 Å². The molecule has 104 valence electrons. The second-order valence-corrected chi connectivity index (χ2v) is 5.04. The van der Waals surface area contributed by atoms with Crippen molar-refractivity contribution in [2.45, 2.75) is 38.6 Å². The van der Waals surface area contributed by atoms with Gasteiger partial charge in [0.2, 0.25) is 0 Å². The van der Waals surface area contributed by atoms with Crippen LogP contribution in [-0.2, 0) is 4.74 Å². The molecule has 1 aromatic carbocycles. The minimum atomic E-state index is -0.315. The molecule has 0 aliphatic heterocycles. The van der Waals surface area contributed by atoms with E-state index in [9.17, 15) is 4.79 Å². The Morgan fingerprint density at radius 1 is 1.42 bits per heavy atom. The highest BCUT2D eigenvalue weighted by molar-refractivity contribution is 5.92. The van der Waals surface area contributed by atoms with Gasteiger partial charge in [-0.15, -0.1) is 0 Å². The zero-order valence-electron chi connectivity index (χ0n) is 11.7. The van der Waals surface area contributed by atoms with Crippen LogP contribution in [0.1, 0.15) is 43.0 Å². The van der Waals surface area contributed by atoms with Gasteiger partial charge in [-0.1, -0.05) is 12.8 Å². The molecule has 0 bridgehead atoms. The number of rotatable bonds is 4. The van der Waals surface area contributed by atoms with Crippen LogP contribution in [0.5, 0.6) is 0 Å².